The molecule has 2 unspecified atom stereocenters. The van der Waals surface area contributed by atoms with E-state index >= 15 is 0 Å². The Labute approximate surface area is 125 Å². The molecule has 0 saturated heterocycles. The Bertz CT molecular complexity index is 542. The summed E-state index contributed by atoms with van der Waals surface area (Å²) < 4.78 is 33.7. The van der Waals surface area contributed by atoms with Crippen molar-refractivity contribution in [3.8, 4) is 5.75 Å². The van der Waals surface area contributed by atoms with Crippen LogP contribution in [-0.4, -0.2) is 28.2 Å². The maximum absolute atomic E-state index is 11.4. The van der Waals surface area contributed by atoms with Crippen LogP contribution in [0.5, 0.6) is 5.75 Å². The SMILES string of the molecule is CCC(C)c1cc(S(=O)(=O)Cl)ccc1OCC(C)OC. The van der Waals surface area contributed by atoms with E-state index in [9.17, 15) is 8.42 Å². The molecule has 114 valence electrons. The van der Waals surface area contributed by atoms with Gasteiger partial charge in [-0.15, -0.1) is 0 Å². The first kappa shape index (κ1) is 17.3. The number of benzene rings is 1. The van der Waals surface area contributed by atoms with E-state index in [2.05, 4.69) is 0 Å². The fourth-order valence-electron chi connectivity index (χ4n) is 1.69. The van der Waals surface area contributed by atoms with Crippen molar-refractivity contribution >= 4 is 19.7 Å². The van der Waals surface area contributed by atoms with Crippen molar-refractivity contribution in [2.24, 2.45) is 0 Å². The van der Waals surface area contributed by atoms with Crippen molar-refractivity contribution in [1.82, 2.24) is 0 Å². The van der Waals surface area contributed by atoms with Crippen molar-refractivity contribution in [1.29, 1.82) is 0 Å². The minimum Gasteiger partial charge on any atom is -0.491 e. The Morgan fingerprint density at radius 2 is 1.95 bits per heavy atom. The van der Waals surface area contributed by atoms with Crippen LogP contribution < -0.4 is 4.74 Å². The summed E-state index contributed by atoms with van der Waals surface area (Å²) in [4.78, 5) is 0.0987. The van der Waals surface area contributed by atoms with Crippen LogP contribution in [-0.2, 0) is 13.8 Å². The molecule has 0 radical (unpaired) electrons. The molecule has 2 atom stereocenters. The highest BCUT2D eigenvalue weighted by molar-refractivity contribution is 8.13. The summed E-state index contributed by atoms with van der Waals surface area (Å²) in [5.41, 5.74) is 0.845. The van der Waals surface area contributed by atoms with Gasteiger partial charge in [0, 0.05) is 17.8 Å². The van der Waals surface area contributed by atoms with Gasteiger partial charge in [0.15, 0.2) is 0 Å². The number of ether oxygens (including phenoxy) is 2. The molecular formula is C14H21ClO4S. The number of methoxy groups -OCH3 is 1. The lowest BCUT2D eigenvalue weighted by molar-refractivity contribution is 0.0711. The number of halogens is 1. The zero-order chi connectivity index (χ0) is 15.3. The van der Waals surface area contributed by atoms with Gasteiger partial charge in [0.1, 0.15) is 12.4 Å². The molecule has 20 heavy (non-hydrogen) atoms. The Morgan fingerprint density at radius 3 is 2.45 bits per heavy atom. The molecule has 1 aromatic carbocycles. The molecule has 0 heterocycles. The summed E-state index contributed by atoms with van der Waals surface area (Å²) in [6.45, 7) is 6.37. The summed E-state index contributed by atoms with van der Waals surface area (Å²) in [6.07, 6.45) is 0.846. The van der Waals surface area contributed by atoms with E-state index in [4.69, 9.17) is 20.2 Å². The molecule has 1 aromatic rings. The highest BCUT2D eigenvalue weighted by Gasteiger charge is 2.17. The van der Waals surface area contributed by atoms with Gasteiger partial charge < -0.3 is 9.47 Å². The standard InChI is InChI=1S/C14H21ClO4S/c1-5-10(2)13-8-12(20(15,16)17)6-7-14(13)19-9-11(3)18-4/h6-8,10-11H,5,9H2,1-4H3. The van der Waals surface area contributed by atoms with Crippen molar-refractivity contribution in [2.75, 3.05) is 13.7 Å². The molecule has 0 aliphatic rings. The molecule has 6 heteroatoms. The molecule has 1 rings (SSSR count). The van der Waals surface area contributed by atoms with Gasteiger partial charge >= 0.3 is 0 Å². The van der Waals surface area contributed by atoms with E-state index in [0.717, 1.165) is 12.0 Å². The van der Waals surface area contributed by atoms with Gasteiger partial charge in [0.2, 0.25) is 0 Å². The Kier molecular flexibility index (Phi) is 6.30. The zero-order valence-electron chi connectivity index (χ0n) is 12.2. The van der Waals surface area contributed by atoms with E-state index in [1.165, 1.54) is 6.07 Å². The van der Waals surface area contributed by atoms with Crippen molar-refractivity contribution in [2.45, 2.75) is 44.1 Å². The van der Waals surface area contributed by atoms with Crippen molar-refractivity contribution < 1.29 is 17.9 Å². The highest BCUT2D eigenvalue weighted by atomic mass is 35.7. The molecule has 0 amide bonds. The number of rotatable bonds is 7. The van der Waals surface area contributed by atoms with Crippen LogP contribution in [0.25, 0.3) is 0 Å². The average Bonchev–Trinajstić information content (AvgIpc) is 2.42. The zero-order valence-corrected chi connectivity index (χ0v) is 13.8. The first-order valence-electron chi connectivity index (χ1n) is 6.53. The molecule has 0 aliphatic heterocycles. The number of hydrogen-bond acceptors (Lipinski definition) is 4. The Morgan fingerprint density at radius 1 is 1.30 bits per heavy atom. The van der Waals surface area contributed by atoms with E-state index < -0.39 is 9.05 Å². The molecule has 0 aliphatic carbocycles. The first-order valence-corrected chi connectivity index (χ1v) is 8.84. The van der Waals surface area contributed by atoms with E-state index in [-0.39, 0.29) is 16.9 Å². The van der Waals surface area contributed by atoms with Crippen LogP contribution in [0.3, 0.4) is 0 Å². The van der Waals surface area contributed by atoms with Gasteiger partial charge in [-0.05, 0) is 43.0 Å². The predicted molar refractivity (Wildman–Crippen MR) is 80.2 cm³/mol. The van der Waals surface area contributed by atoms with E-state index in [1.54, 1.807) is 19.2 Å². The van der Waals surface area contributed by atoms with Crippen LogP contribution in [0, 0.1) is 0 Å². The third-order valence-corrected chi connectivity index (χ3v) is 4.63. The van der Waals surface area contributed by atoms with Gasteiger partial charge in [-0.3, -0.25) is 0 Å². The van der Waals surface area contributed by atoms with Crippen molar-refractivity contribution in [3.05, 3.63) is 23.8 Å². The molecule has 0 N–H and O–H groups in total. The minimum absolute atomic E-state index is 0.0313. The maximum atomic E-state index is 11.4. The summed E-state index contributed by atoms with van der Waals surface area (Å²) in [5.74, 6) is 0.855. The fraction of sp³-hybridized carbons (Fsp3) is 0.571. The fourth-order valence-corrected chi connectivity index (χ4v) is 2.48. The van der Waals surface area contributed by atoms with Crippen molar-refractivity contribution in [3.63, 3.8) is 0 Å². The lowest BCUT2D eigenvalue weighted by atomic mass is 9.98. The maximum Gasteiger partial charge on any atom is 0.261 e. The summed E-state index contributed by atoms with van der Waals surface area (Å²) in [5, 5.41) is 0. The van der Waals surface area contributed by atoms with E-state index in [0.29, 0.717) is 12.4 Å². The first-order chi connectivity index (χ1) is 9.29. The lowest BCUT2D eigenvalue weighted by Crippen LogP contribution is -2.17. The smallest absolute Gasteiger partial charge is 0.261 e. The molecule has 0 aromatic heterocycles. The normalized spacial score (nSPS) is 14.8. The molecular weight excluding hydrogens is 300 g/mol. The monoisotopic (exact) mass is 320 g/mol. The molecule has 4 nitrogen and oxygen atoms in total. The Balaban J connectivity index is 3.11. The average molecular weight is 321 g/mol. The second kappa shape index (κ2) is 7.29. The highest BCUT2D eigenvalue weighted by Crippen LogP contribution is 2.32. The largest absolute Gasteiger partial charge is 0.491 e. The Hall–Kier alpha value is -0.780. The van der Waals surface area contributed by atoms with Crippen LogP contribution in [0.15, 0.2) is 23.1 Å². The minimum atomic E-state index is -3.73. The molecule has 0 fully saturated rings. The van der Waals surface area contributed by atoms with Gasteiger partial charge in [0.25, 0.3) is 9.05 Å². The second-order valence-corrected chi connectivity index (χ2v) is 7.37. The van der Waals surface area contributed by atoms with Gasteiger partial charge in [-0.25, -0.2) is 8.42 Å². The third kappa shape index (κ3) is 4.65. The molecule has 0 saturated carbocycles. The third-order valence-electron chi connectivity index (χ3n) is 3.28. The second-order valence-electron chi connectivity index (χ2n) is 4.80. The van der Waals surface area contributed by atoms with Crippen LogP contribution in [0.2, 0.25) is 0 Å². The lowest BCUT2D eigenvalue weighted by Gasteiger charge is -2.18. The topological polar surface area (TPSA) is 52.6 Å². The van der Waals surface area contributed by atoms with Gasteiger partial charge in [0.05, 0.1) is 11.0 Å². The van der Waals surface area contributed by atoms with E-state index in [1.807, 2.05) is 20.8 Å². The van der Waals surface area contributed by atoms with Crippen LogP contribution in [0.1, 0.15) is 38.7 Å². The molecule has 0 spiro atoms. The van der Waals surface area contributed by atoms with Gasteiger partial charge in [-0.1, -0.05) is 13.8 Å². The quantitative estimate of drug-likeness (QED) is 0.721. The number of hydrogen-bond donors (Lipinski definition) is 0. The van der Waals surface area contributed by atoms with Crippen LogP contribution in [0.4, 0.5) is 0 Å². The summed E-state index contributed by atoms with van der Waals surface area (Å²) in [6, 6.07) is 4.70. The van der Waals surface area contributed by atoms with Crippen LogP contribution >= 0.6 is 10.7 Å². The summed E-state index contributed by atoms with van der Waals surface area (Å²) >= 11 is 0. The summed E-state index contributed by atoms with van der Waals surface area (Å²) in [7, 11) is 3.28. The predicted octanol–water partition coefficient (Wildman–Crippen LogP) is 3.54. The molecule has 0 bridgehead atoms. The van der Waals surface area contributed by atoms with Gasteiger partial charge in [-0.2, -0.15) is 0 Å².